The third-order valence-corrected chi connectivity index (χ3v) is 7.02. The van der Waals surface area contributed by atoms with Gasteiger partial charge in [-0.3, -0.25) is 9.69 Å². The highest BCUT2D eigenvalue weighted by molar-refractivity contribution is 6.10. The zero-order chi connectivity index (χ0) is 30.1. The highest BCUT2D eigenvalue weighted by atomic mass is 19.4. The molecule has 14 heteroatoms. The monoisotopic (exact) mass is 586 g/mol. The highest BCUT2D eigenvalue weighted by Crippen LogP contribution is 2.45. The van der Waals surface area contributed by atoms with E-state index in [1.165, 1.54) is 0 Å². The van der Waals surface area contributed by atoms with Crippen LogP contribution in [0, 0.1) is 23.1 Å². The normalized spacial score (nSPS) is 19.0. The lowest BCUT2D eigenvalue weighted by Gasteiger charge is -2.46. The van der Waals surface area contributed by atoms with Crippen LogP contribution in [0.15, 0.2) is 42.6 Å². The number of alkyl halides is 6. The largest absolute Gasteiger partial charge is 0.420 e. The number of hydrogen-bond acceptors (Lipinski definition) is 5. The summed E-state index contributed by atoms with van der Waals surface area (Å²) in [4.78, 5) is 27.5. The van der Waals surface area contributed by atoms with Crippen LogP contribution in [-0.4, -0.2) is 49.8 Å². The number of nitrogens with one attached hydrogen (secondary N) is 2. The highest BCUT2D eigenvalue weighted by Gasteiger charge is 2.43. The first-order chi connectivity index (χ1) is 19.2. The molecule has 0 spiro atoms. The first-order valence-corrected chi connectivity index (χ1v) is 12.5. The van der Waals surface area contributed by atoms with Gasteiger partial charge < -0.3 is 20.4 Å². The van der Waals surface area contributed by atoms with E-state index in [2.05, 4.69) is 5.32 Å². The molecule has 2 amide bonds. The van der Waals surface area contributed by atoms with Crippen molar-refractivity contribution in [2.45, 2.75) is 25.2 Å². The predicted molar refractivity (Wildman–Crippen MR) is 135 cm³/mol. The molecular weight excluding hydrogens is 561 g/mol. The van der Waals surface area contributed by atoms with Gasteiger partial charge in [-0.2, -0.15) is 26.3 Å². The Morgan fingerprint density at radius 1 is 1.12 bits per heavy atom. The molecule has 3 fully saturated rings. The fraction of sp³-hybridized carbons (Fsp3) is 0.370. The average molecular weight is 587 g/mol. The van der Waals surface area contributed by atoms with Gasteiger partial charge in [0.25, 0.3) is 0 Å². The Morgan fingerprint density at radius 2 is 1.78 bits per heavy atom. The summed E-state index contributed by atoms with van der Waals surface area (Å²) in [6.45, 7) is 0.923. The van der Waals surface area contributed by atoms with Crippen molar-refractivity contribution in [2.75, 3.05) is 31.6 Å². The zero-order valence-electron chi connectivity index (χ0n) is 21.6. The molecule has 2 heterocycles. The summed E-state index contributed by atoms with van der Waals surface area (Å²) in [6, 6.07) is 4.47. The molecule has 2 bridgehead atoms. The maximum atomic E-state index is 14.0. The quantitative estimate of drug-likeness (QED) is 0.228. The molecule has 5 rings (SSSR count). The molecule has 7 nitrogen and oxygen atoms in total. The molecule has 2 aliphatic heterocycles. The van der Waals surface area contributed by atoms with Crippen molar-refractivity contribution in [3.05, 3.63) is 65.1 Å². The molecule has 0 unspecified atom stereocenters. The smallest absolute Gasteiger partial charge is 0.409 e. The van der Waals surface area contributed by atoms with Gasteiger partial charge in [0, 0.05) is 61.8 Å². The lowest BCUT2D eigenvalue weighted by atomic mass is 9.70. The molecular formula is C27H25F7N4O3. The van der Waals surface area contributed by atoms with Crippen LogP contribution in [0.1, 0.15) is 29.5 Å². The van der Waals surface area contributed by atoms with E-state index in [1.807, 2.05) is 0 Å². The number of halogens is 7. The third kappa shape index (κ3) is 6.63. The average Bonchev–Trinajstić information content (AvgIpc) is 2.87. The second kappa shape index (κ2) is 11.4. The van der Waals surface area contributed by atoms with Crippen LogP contribution < -0.4 is 15.0 Å². The van der Waals surface area contributed by atoms with E-state index >= 15 is 0 Å². The van der Waals surface area contributed by atoms with Gasteiger partial charge in [-0.25, -0.2) is 9.18 Å². The lowest BCUT2D eigenvalue weighted by Crippen LogP contribution is -2.54. The summed E-state index contributed by atoms with van der Waals surface area (Å²) >= 11 is 0. The first kappa shape index (κ1) is 29.9. The Labute approximate surface area is 230 Å². The minimum Gasteiger partial charge on any atom is -0.409 e. The molecule has 2 aromatic rings. The van der Waals surface area contributed by atoms with Gasteiger partial charge in [0.15, 0.2) is 5.75 Å². The van der Waals surface area contributed by atoms with Crippen molar-refractivity contribution in [1.29, 1.82) is 5.41 Å². The van der Waals surface area contributed by atoms with Crippen molar-refractivity contribution in [1.82, 2.24) is 10.2 Å². The van der Waals surface area contributed by atoms with Crippen LogP contribution in [0.2, 0.25) is 0 Å². The molecule has 0 aromatic heterocycles. The van der Waals surface area contributed by atoms with Crippen molar-refractivity contribution >= 4 is 29.5 Å². The number of ether oxygens (including phenoxy) is 1. The van der Waals surface area contributed by atoms with E-state index < -0.39 is 52.3 Å². The topological polar surface area (TPSA) is 85.7 Å². The molecule has 3 aliphatic rings. The van der Waals surface area contributed by atoms with Crippen molar-refractivity contribution in [3.63, 3.8) is 0 Å². The van der Waals surface area contributed by atoms with Gasteiger partial charge >= 0.3 is 18.4 Å². The molecule has 220 valence electrons. The zero-order valence-corrected chi connectivity index (χ0v) is 21.6. The van der Waals surface area contributed by atoms with Crippen LogP contribution in [0.3, 0.4) is 0 Å². The molecule has 0 radical (unpaired) electrons. The standard InChI is InChI=1S/C27H25F7N4O3/c1-37(20-4-2-19(28)3-5-20)25(40)41-23-21(10-18(26(29,30)31)11-22(23)27(32,33)34)17(12-35)13-36-6-7-38-14-15-8-16(9-15)24(38)39/h2-5,10-13,15-16,35-36H,6-9,14H2,1H3/b17-13+,35-12?. The number of benzene rings is 2. The number of hydrogen-bond donors (Lipinski definition) is 2. The number of amides is 2. The third-order valence-electron chi connectivity index (χ3n) is 7.02. The lowest BCUT2D eigenvalue weighted by molar-refractivity contribution is -0.149. The molecule has 1 saturated carbocycles. The van der Waals surface area contributed by atoms with Crippen LogP contribution >= 0.6 is 0 Å². The Kier molecular flexibility index (Phi) is 8.31. The number of allylic oxidation sites excluding steroid dienone is 1. The Morgan fingerprint density at radius 3 is 2.34 bits per heavy atom. The van der Waals surface area contributed by atoms with E-state index in [1.54, 1.807) is 4.90 Å². The van der Waals surface area contributed by atoms with Crippen molar-refractivity contribution in [2.24, 2.45) is 11.8 Å². The Bertz CT molecular complexity index is 1350. The summed E-state index contributed by atoms with van der Waals surface area (Å²) in [6.07, 6.45) is -8.74. The molecule has 1 aliphatic carbocycles. The maximum Gasteiger partial charge on any atom is 0.420 e. The van der Waals surface area contributed by atoms with E-state index in [4.69, 9.17) is 10.1 Å². The van der Waals surface area contributed by atoms with Crippen LogP contribution in [0.25, 0.3) is 5.57 Å². The van der Waals surface area contributed by atoms with Gasteiger partial charge in [-0.05, 0) is 55.2 Å². The summed E-state index contributed by atoms with van der Waals surface area (Å²) in [5.41, 5.74) is -4.77. The number of anilines is 1. The van der Waals surface area contributed by atoms with Gasteiger partial charge in [-0.15, -0.1) is 0 Å². The van der Waals surface area contributed by atoms with Gasteiger partial charge in [0.2, 0.25) is 5.91 Å². The SMILES string of the molecule is CN(C(=O)Oc1c(/C(C=N)=C/NCCN2CC3CC(C3)C2=O)cc(C(F)(F)F)cc1C(F)(F)F)c1ccc(F)cc1. The van der Waals surface area contributed by atoms with Crippen LogP contribution in [-0.2, 0) is 17.1 Å². The Balaban J connectivity index is 1.66. The number of rotatable bonds is 8. The number of carbonyl (C=O) groups is 2. The number of nitrogens with zero attached hydrogens (tertiary/aromatic N) is 2. The van der Waals surface area contributed by atoms with E-state index in [-0.39, 0.29) is 36.7 Å². The van der Waals surface area contributed by atoms with Crippen LogP contribution in [0.4, 0.5) is 41.2 Å². The summed E-state index contributed by atoms with van der Waals surface area (Å²) in [7, 11) is 1.12. The minimum absolute atomic E-state index is 0.00210. The van der Waals surface area contributed by atoms with Crippen molar-refractivity contribution in [3.8, 4) is 5.75 Å². The summed E-state index contributed by atoms with van der Waals surface area (Å²) in [5, 5.41) is 10.4. The van der Waals surface area contributed by atoms with Crippen molar-refractivity contribution < 1.29 is 45.1 Å². The first-order valence-electron chi connectivity index (χ1n) is 12.5. The molecule has 2 N–H and O–H groups in total. The van der Waals surface area contributed by atoms with E-state index in [0.717, 1.165) is 55.3 Å². The van der Waals surface area contributed by atoms with Gasteiger partial charge in [0.05, 0.1) is 11.1 Å². The van der Waals surface area contributed by atoms with E-state index in [9.17, 15) is 40.3 Å². The number of carbonyl (C=O) groups excluding carboxylic acids is 2. The fourth-order valence-corrected chi connectivity index (χ4v) is 4.78. The molecule has 2 saturated heterocycles. The van der Waals surface area contributed by atoms with Gasteiger partial charge in [0.1, 0.15) is 5.82 Å². The summed E-state index contributed by atoms with van der Waals surface area (Å²) in [5.74, 6) is -1.49. The van der Waals surface area contributed by atoms with Crippen LogP contribution in [0.5, 0.6) is 5.75 Å². The Hall–Kier alpha value is -4.10. The number of piperidine rings is 2. The second-order valence-electron chi connectivity index (χ2n) is 9.82. The van der Waals surface area contributed by atoms with Gasteiger partial charge in [-0.1, -0.05) is 0 Å². The molecule has 2 aromatic carbocycles. The molecule has 41 heavy (non-hydrogen) atoms. The number of fused-ring (bicyclic) bond motifs is 2. The molecule has 0 atom stereocenters. The maximum absolute atomic E-state index is 14.0. The fourth-order valence-electron chi connectivity index (χ4n) is 4.78. The summed E-state index contributed by atoms with van der Waals surface area (Å²) < 4.78 is 101. The minimum atomic E-state index is -5.38. The second-order valence-corrected chi connectivity index (χ2v) is 9.82. The predicted octanol–water partition coefficient (Wildman–Crippen LogP) is 5.95. The van der Waals surface area contributed by atoms with E-state index in [0.29, 0.717) is 24.7 Å².